The SMILES string of the molecule is COC1CNC(C(=O)Nc2cc(C#N)cc(F)c2C)C1. The second-order valence-corrected chi connectivity index (χ2v) is 4.79. The molecule has 2 N–H and O–H groups in total. The zero-order valence-electron chi connectivity index (χ0n) is 11.4. The van der Waals surface area contributed by atoms with Gasteiger partial charge in [-0.05, 0) is 25.5 Å². The van der Waals surface area contributed by atoms with Crippen LogP contribution >= 0.6 is 0 Å². The number of benzene rings is 1. The van der Waals surface area contributed by atoms with Gasteiger partial charge < -0.3 is 15.4 Å². The summed E-state index contributed by atoms with van der Waals surface area (Å²) in [7, 11) is 1.60. The zero-order valence-corrected chi connectivity index (χ0v) is 11.4. The molecule has 6 heteroatoms. The van der Waals surface area contributed by atoms with Crippen LogP contribution in [0.1, 0.15) is 17.5 Å². The summed E-state index contributed by atoms with van der Waals surface area (Å²) in [4.78, 5) is 12.1. The van der Waals surface area contributed by atoms with E-state index in [-0.39, 0.29) is 23.6 Å². The third-order valence-corrected chi connectivity index (χ3v) is 3.47. The van der Waals surface area contributed by atoms with Gasteiger partial charge in [-0.25, -0.2) is 4.39 Å². The molecule has 2 unspecified atom stereocenters. The lowest BCUT2D eigenvalue weighted by Gasteiger charge is -2.13. The first kappa shape index (κ1) is 14.4. The summed E-state index contributed by atoms with van der Waals surface area (Å²) in [6.45, 7) is 2.17. The largest absolute Gasteiger partial charge is 0.380 e. The second-order valence-electron chi connectivity index (χ2n) is 4.79. The van der Waals surface area contributed by atoms with Crippen molar-refractivity contribution in [3.63, 3.8) is 0 Å². The lowest BCUT2D eigenvalue weighted by Crippen LogP contribution is -2.35. The molecule has 0 spiro atoms. The molecule has 1 aromatic rings. The van der Waals surface area contributed by atoms with Crippen molar-refractivity contribution in [1.82, 2.24) is 5.32 Å². The highest BCUT2D eigenvalue weighted by atomic mass is 19.1. The van der Waals surface area contributed by atoms with Crippen LogP contribution in [-0.2, 0) is 9.53 Å². The van der Waals surface area contributed by atoms with Crippen molar-refractivity contribution < 1.29 is 13.9 Å². The Labute approximate surface area is 116 Å². The smallest absolute Gasteiger partial charge is 0.241 e. The fourth-order valence-electron chi connectivity index (χ4n) is 2.18. The molecule has 106 valence electrons. The lowest BCUT2D eigenvalue weighted by molar-refractivity contribution is -0.118. The van der Waals surface area contributed by atoms with E-state index in [2.05, 4.69) is 10.6 Å². The summed E-state index contributed by atoms with van der Waals surface area (Å²) in [5, 5.41) is 14.5. The number of nitrogens with zero attached hydrogens (tertiary/aromatic N) is 1. The molecular weight excluding hydrogens is 261 g/mol. The minimum Gasteiger partial charge on any atom is -0.380 e. The molecule has 1 saturated heterocycles. The van der Waals surface area contributed by atoms with Crippen molar-refractivity contribution >= 4 is 11.6 Å². The van der Waals surface area contributed by atoms with Crippen molar-refractivity contribution in [2.24, 2.45) is 0 Å². The van der Waals surface area contributed by atoms with Crippen LogP contribution in [0, 0.1) is 24.1 Å². The highest BCUT2D eigenvalue weighted by molar-refractivity contribution is 5.95. The average molecular weight is 277 g/mol. The normalized spacial score (nSPS) is 21.5. The van der Waals surface area contributed by atoms with E-state index in [0.29, 0.717) is 24.2 Å². The molecule has 0 bridgehead atoms. The zero-order chi connectivity index (χ0) is 14.7. The van der Waals surface area contributed by atoms with Crippen LogP contribution in [0.4, 0.5) is 10.1 Å². The second kappa shape index (κ2) is 5.99. The minimum absolute atomic E-state index is 0.00836. The van der Waals surface area contributed by atoms with Gasteiger partial charge in [-0.2, -0.15) is 5.26 Å². The summed E-state index contributed by atoms with van der Waals surface area (Å²) in [5.41, 5.74) is 0.824. The molecule has 1 aliphatic rings. The van der Waals surface area contributed by atoms with Crippen LogP contribution in [0.3, 0.4) is 0 Å². The first-order valence-corrected chi connectivity index (χ1v) is 6.32. The van der Waals surface area contributed by atoms with Crippen LogP contribution in [0.2, 0.25) is 0 Å². The van der Waals surface area contributed by atoms with Gasteiger partial charge in [-0.1, -0.05) is 0 Å². The van der Waals surface area contributed by atoms with Gasteiger partial charge in [-0.3, -0.25) is 4.79 Å². The van der Waals surface area contributed by atoms with E-state index < -0.39 is 5.82 Å². The van der Waals surface area contributed by atoms with Crippen LogP contribution in [0.5, 0.6) is 0 Å². The number of nitriles is 1. The van der Waals surface area contributed by atoms with Crippen molar-refractivity contribution in [3.05, 3.63) is 29.1 Å². The Morgan fingerprint density at radius 1 is 1.60 bits per heavy atom. The average Bonchev–Trinajstić information content (AvgIpc) is 2.92. The fraction of sp³-hybridized carbons (Fsp3) is 0.429. The van der Waals surface area contributed by atoms with Gasteiger partial charge in [0.05, 0.1) is 23.8 Å². The Hall–Kier alpha value is -1.97. The number of halogens is 1. The van der Waals surface area contributed by atoms with Gasteiger partial charge >= 0.3 is 0 Å². The summed E-state index contributed by atoms with van der Waals surface area (Å²) in [6.07, 6.45) is 0.580. The summed E-state index contributed by atoms with van der Waals surface area (Å²) in [6, 6.07) is 4.12. The summed E-state index contributed by atoms with van der Waals surface area (Å²) in [5.74, 6) is -0.754. The molecule has 1 aliphatic heterocycles. The van der Waals surface area contributed by atoms with E-state index in [1.165, 1.54) is 6.07 Å². The van der Waals surface area contributed by atoms with Crippen LogP contribution in [-0.4, -0.2) is 31.7 Å². The van der Waals surface area contributed by atoms with E-state index in [1.807, 2.05) is 6.07 Å². The topological polar surface area (TPSA) is 74.2 Å². The Bertz CT molecular complexity index is 568. The van der Waals surface area contributed by atoms with E-state index in [1.54, 1.807) is 14.0 Å². The molecule has 5 nitrogen and oxygen atoms in total. The Morgan fingerprint density at radius 3 is 2.95 bits per heavy atom. The fourth-order valence-corrected chi connectivity index (χ4v) is 2.18. The molecule has 0 saturated carbocycles. The predicted molar refractivity (Wildman–Crippen MR) is 71.7 cm³/mol. The number of nitrogens with one attached hydrogen (secondary N) is 2. The maximum atomic E-state index is 13.6. The number of methoxy groups -OCH3 is 1. The number of hydrogen-bond acceptors (Lipinski definition) is 4. The molecule has 1 amide bonds. The van der Waals surface area contributed by atoms with Crippen LogP contribution in [0.15, 0.2) is 12.1 Å². The third-order valence-electron chi connectivity index (χ3n) is 3.47. The number of ether oxygens (including phenoxy) is 1. The van der Waals surface area contributed by atoms with E-state index in [4.69, 9.17) is 10.00 Å². The van der Waals surface area contributed by atoms with Gasteiger partial charge in [0.25, 0.3) is 0 Å². The highest BCUT2D eigenvalue weighted by Crippen LogP contribution is 2.21. The molecule has 1 fully saturated rings. The van der Waals surface area contributed by atoms with Crippen molar-refractivity contribution in [2.45, 2.75) is 25.5 Å². The van der Waals surface area contributed by atoms with Gasteiger partial charge in [0.1, 0.15) is 5.82 Å². The summed E-state index contributed by atoms with van der Waals surface area (Å²) < 4.78 is 18.8. The van der Waals surface area contributed by atoms with Gasteiger partial charge in [0.2, 0.25) is 5.91 Å². The molecule has 0 aliphatic carbocycles. The van der Waals surface area contributed by atoms with Gasteiger partial charge in [-0.15, -0.1) is 0 Å². The molecule has 0 aromatic heterocycles. The van der Waals surface area contributed by atoms with E-state index >= 15 is 0 Å². The number of rotatable bonds is 3. The van der Waals surface area contributed by atoms with Crippen molar-refractivity contribution in [1.29, 1.82) is 5.26 Å². The number of carbonyl (C=O) groups is 1. The molecule has 1 heterocycles. The molecular formula is C14H16FN3O2. The van der Waals surface area contributed by atoms with Gasteiger partial charge in [0.15, 0.2) is 0 Å². The van der Waals surface area contributed by atoms with E-state index in [0.717, 1.165) is 6.07 Å². The maximum Gasteiger partial charge on any atom is 0.241 e. The molecule has 0 radical (unpaired) electrons. The summed E-state index contributed by atoms with van der Waals surface area (Å²) >= 11 is 0. The number of carbonyl (C=O) groups excluding carboxylic acids is 1. The quantitative estimate of drug-likeness (QED) is 0.874. The van der Waals surface area contributed by atoms with Crippen molar-refractivity contribution in [2.75, 3.05) is 19.0 Å². The maximum absolute atomic E-state index is 13.6. The first-order chi connectivity index (χ1) is 9.55. The minimum atomic E-state index is -0.506. The first-order valence-electron chi connectivity index (χ1n) is 6.32. The molecule has 2 rings (SSSR count). The van der Waals surface area contributed by atoms with Crippen LogP contribution < -0.4 is 10.6 Å². The Balaban J connectivity index is 2.12. The number of amides is 1. The standard InChI is InChI=1S/C14H16FN3O2/c1-8-11(15)3-9(6-16)4-12(8)18-14(19)13-5-10(20-2)7-17-13/h3-4,10,13,17H,5,7H2,1-2H3,(H,18,19). The molecule has 2 atom stereocenters. The molecule has 20 heavy (non-hydrogen) atoms. The predicted octanol–water partition coefficient (Wildman–Crippen LogP) is 1.32. The Kier molecular flexibility index (Phi) is 4.32. The Morgan fingerprint density at radius 2 is 2.35 bits per heavy atom. The highest BCUT2D eigenvalue weighted by Gasteiger charge is 2.29. The monoisotopic (exact) mass is 277 g/mol. The lowest BCUT2D eigenvalue weighted by atomic mass is 10.1. The van der Waals surface area contributed by atoms with Crippen molar-refractivity contribution in [3.8, 4) is 6.07 Å². The number of hydrogen-bond donors (Lipinski definition) is 2. The molecule has 1 aromatic carbocycles. The number of anilines is 1. The van der Waals surface area contributed by atoms with Crippen LogP contribution in [0.25, 0.3) is 0 Å². The van der Waals surface area contributed by atoms with Gasteiger partial charge in [0, 0.05) is 24.9 Å². The third kappa shape index (κ3) is 2.95. The van der Waals surface area contributed by atoms with E-state index in [9.17, 15) is 9.18 Å².